The van der Waals surface area contributed by atoms with Gasteiger partial charge in [0.2, 0.25) is 0 Å². The Labute approximate surface area is 152 Å². The predicted octanol–water partition coefficient (Wildman–Crippen LogP) is 2.41. The van der Waals surface area contributed by atoms with Crippen molar-refractivity contribution < 1.29 is 18.8 Å². The molecule has 0 unspecified atom stereocenters. The van der Waals surface area contributed by atoms with Crippen LogP contribution in [0.3, 0.4) is 0 Å². The minimum atomic E-state index is -0.250. The molecule has 1 aromatic heterocycles. The third-order valence-electron chi connectivity index (χ3n) is 4.36. The van der Waals surface area contributed by atoms with Crippen molar-refractivity contribution in [1.82, 2.24) is 19.9 Å². The predicted molar refractivity (Wildman–Crippen MR) is 94.8 cm³/mol. The van der Waals surface area contributed by atoms with Crippen LogP contribution in [0.25, 0.3) is 11.5 Å². The van der Waals surface area contributed by atoms with Crippen LogP contribution in [0.15, 0.2) is 28.8 Å². The van der Waals surface area contributed by atoms with Gasteiger partial charge in [0.25, 0.3) is 5.89 Å². The minimum absolute atomic E-state index is 0.0764. The summed E-state index contributed by atoms with van der Waals surface area (Å²) in [6, 6.07) is 7.59. The summed E-state index contributed by atoms with van der Waals surface area (Å²) in [5.41, 5.74) is 0.823. The summed E-state index contributed by atoms with van der Waals surface area (Å²) in [4.78, 5) is 20.4. The van der Waals surface area contributed by atoms with Crippen molar-refractivity contribution in [2.45, 2.75) is 26.4 Å². The van der Waals surface area contributed by atoms with Crippen LogP contribution in [-0.2, 0) is 11.3 Å². The quantitative estimate of drug-likeness (QED) is 0.810. The number of rotatable bonds is 5. The van der Waals surface area contributed by atoms with Gasteiger partial charge in [0.1, 0.15) is 5.75 Å². The lowest BCUT2D eigenvalue weighted by molar-refractivity contribution is 0.0510. The largest absolute Gasteiger partial charge is 0.497 e. The molecule has 1 fully saturated rings. The molecule has 140 valence electrons. The van der Waals surface area contributed by atoms with Crippen molar-refractivity contribution in [1.29, 1.82) is 0 Å². The van der Waals surface area contributed by atoms with Crippen LogP contribution in [0.4, 0.5) is 4.79 Å². The number of carbonyl (C=O) groups is 1. The number of methoxy groups -OCH3 is 1. The number of ether oxygens (including phenoxy) is 2. The summed E-state index contributed by atoms with van der Waals surface area (Å²) in [5.74, 6) is 1.84. The van der Waals surface area contributed by atoms with Crippen molar-refractivity contribution in [3.05, 3.63) is 30.1 Å². The maximum Gasteiger partial charge on any atom is 0.410 e. The van der Waals surface area contributed by atoms with Crippen LogP contribution < -0.4 is 4.74 Å². The van der Waals surface area contributed by atoms with E-state index in [4.69, 9.17) is 14.0 Å². The van der Waals surface area contributed by atoms with Crippen LogP contribution in [0.2, 0.25) is 0 Å². The van der Waals surface area contributed by atoms with Gasteiger partial charge in [-0.15, -0.1) is 0 Å². The highest BCUT2D eigenvalue weighted by molar-refractivity contribution is 5.68. The molecular weight excluding hydrogens is 336 g/mol. The zero-order valence-electron chi connectivity index (χ0n) is 15.3. The van der Waals surface area contributed by atoms with E-state index >= 15 is 0 Å². The number of carbonyl (C=O) groups excluding carboxylic acids is 1. The number of amides is 1. The molecule has 0 spiro atoms. The van der Waals surface area contributed by atoms with E-state index in [1.807, 2.05) is 38.1 Å². The standard InChI is InChI=1S/C18H24N4O4/c1-4-25-18(23)22-9-8-21(11-13(22)2)12-16-19-17(26-20-16)14-6-5-7-15(10-14)24-3/h5-7,10,13H,4,8-9,11-12H2,1-3H3/t13-/m0/s1. The molecule has 3 rings (SSSR count). The fourth-order valence-corrected chi connectivity index (χ4v) is 3.05. The molecule has 1 aliphatic heterocycles. The number of hydrogen-bond acceptors (Lipinski definition) is 7. The first-order valence-electron chi connectivity index (χ1n) is 8.73. The van der Waals surface area contributed by atoms with Crippen molar-refractivity contribution in [2.75, 3.05) is 33.4 Å². The Hall–Kier alpha value is -2.61. The van der Waals surface area contributed by atoms with E-state index in [0.717, 1.165) is 24.4 Å². The van der Waals surface area contributed by atoms with Gasteiger partial charge in [-0.1, -0.05) is 11.2 Å². The maximum absolute atomic E-state index is 11.9. The van der Waals surface area contributed by atoms with E-state index in [-0.39, 0.29) is 12.1 Å². The molecule has 0 aliphatic carbocycles. The van der Waals surface area contributed by atoms with Gasteiger partial charge in [-0.25, -0.2) is 4.79 Å². The topological polar surface area (TPSA) is 80.9 Å². The zero-order valence-corrected chi connectivity index (χ0v) is 15.3. The van der Waals surface area contributed by atoms with Gasteiger partial charge < -0.3 is 18.9 Å². The molecule has 1 atom stereocenters. The Balaban J connectivity index is 1.60. The molecule has 0 radical (unpaired) electrons. The number of aromatic nitrogens is 2. The second kappa shape index (κ2) is 8.18. The highest BCUT2D eigenvalue weighted by Gasteiger charge is 2.29. The SMILES string of the molecule is CCOC(=O)N1CCN(Cc2noc(-c3cccc(OC)c3)n2)C[C@@H]1C. The van der Waals surface area contributed by atoms with Gasteiger partial charge >= 0.3 is 6.09 Å². The molecule has 1 aliphatic rings. The Morgan fingerprint density at radius 3 is 2.96 bits per heavy atom. The van der Waals surface area contributed by atoms with Crippen LogP contribution >= 0.6 is 0 Å². The highest BCUT2D eigenvalue weighted by Crippen LogP contribution is 2.22. The van der Waals surface area contributed by atoms with Gasteiger partial charge in [-0.05, 0) is 32.0 Å². The third kappa shape index (κ3) is 4.13. The van der Waals surface area contributed by atoms with Gasteiger partial charge in [0.15, 0.2) is 5.82 Å². The van der Waals surface area contributed by atoms with Crippen molar-refractivity contribution >= 4 is 6.09 Å². The van der Waals surface area contributed by atoms with E-state index in [1.54, 1.807) is 12.0 Å². The number of hydrogen-bond donors (Lipinski definition) is 0. The first kappa shape index (κ1) is 18.2. The lowest BCUT2D eigenvalue weighted by Crippen LogP contribution is -2.53. The lowest BCUT2D eigenvalue weighted by Gasteiger charge is -2.38. The smallest absolute Gasteiger partial charge is 0.410 e. The molecule has 0 N–H and O–H groups in total. The Kier molecular flexibility index (Phi) is 5.72. The summed E-state index contributed by atoms with van der Waals surface area (Å²) < 4.78 is 15.7. The van der Waals surface area contributed by atoms with Crippen LogP contribution in [0.5, 0.6) is 5.75 Å². The van der Waals surface area contributed by atoms with E-state index in [9.17, 15) is 4.79 Å². The summed E-state index contributed by atoms with van der Waals surface area (Å²) >= 11 is 0. The highest BCUT2D eigenvalue weighted by atomic mass is 16.6. The van der Waals surface area contributed by atoms with E-state index in [1.165, 1.54) is 0 Å². The normalized spacial score (nSPS) is 18.0. The van der Waals surface area contributed by atoms with Gasteiger partial charge in [-0.3, -0.25) is 4.90 Å². The number of nitrogens with zero attached hydrogens (tertiary/aromatic N) is 4. The Morgan fingerprint density at radius 2 is 2.23 bits per heavy atom. The average Bonchev–Trinajstić information content (AvgIpc) is 3.10. The van der Waals surface area contributed by atoms with Crippen LogP contribution in [0.1, 0.15) is 19.7 Å². The first-order chi connectivity index (χ1) is 12.6. The second-order valence-corrected chi connectivity index (χ2v) is 6.22. The third-order valence-corrected chi connectivity index (χ3v) is 4.36. The fourth-order valence-electron chi connectivity index (χ4n) is 3.05. The van der Waals surface area contributed by atoms with Crippen LogP contribution in [-0.4, -0.2) is 65.4 Å². The van der Waals surface area contributed by atoms with E-state index in [2.05, 4.69) is 15.0 Å². The molecule has 26 heavy (non-hydrogen) atoms. The van der Waals surface area contributed by atoms with Gasteiger partial charge in [0.05, 0.1) is 20.3 Å². The molecular formula is C18H24N4O4. The van der Waals surface area contributed by atoms with E-state index in [0.29, 0.717) is 31.4 Å². The van der Waals surface area contributed by atoms with E-state index < -0.39 is 0 Å². The fraction of sp³-hybridized carbons (Fsp3) is 0.500. The molecule has 8 heteroatoms. The Bertz CT molecular complexity index is 748. The Morgan fingerprint density at radius 1 is 1.38 bits per heavy atom. The minimum Gasteiger partial charge on any atom is -0.497 e. The van der Waals surface area contributed by atoms with Crippen molar-refractivity contribution in [3.8, 4) is 17.2 Å². The number of piperazine rings is 1. The van der Waals surface area contributed by atoms with Gasteiger partial charge in [-0.2, -0.15) is 4.98 Å². The maximum atomic E-state index is 11.9. The van der Waals surface area contributed by atoms with Crippen LogP contribution in [0, 0.1) is 0 Å². The summed E-state index contributed by atoms with van der Waals surface area (Å²) in [7, 11) is 1.62. The first-order valence-corrected chi connectivity index (χ1v) is 8.73. The van der Waals surface area contributed by atoms with Crippen molar-refractivity contribution in [3.63, 3.8) is 0 Å². The molecule has 0 bridgehead atoms. The zero-order chi connectivity index (χ0) is 18.5. The van der Waals surface area contributed by atoms with Crippen molar-refractivity contribution in [2.24, 2.45) is 0 Å². The molecule has 1 amide bonds. The second-order valence-electron chi connectivity index (χ2n) is 6.22. The summed E-state index contributed by atoms with van der Waals surface area (Å²) in [5, 5.41) is 4.08. The summed E-state index contributed by atoms with van der Waals surface area (Å²) in [6.07, 6.45) is -0.250. The lowest BCUT2D eigenvalue weighted by atomic mass is 10.2. The molecule has 2 heterocycles. The molecule has 2 aromatic rings. The molecule has 0 saturated carbocycles. The number of benzene rings is 1. The molecule has 8 nitrogen and oxygen atoms in total. The molecule has 1 aromatic carbocycles. The molecule has 1 saturated heterocycles. The average molecular weight is 360 g/mol. The monoisotopic (exact) mass is 360 g/mol. The van der Waals surface area contributed by atoms with Gasteiger partial charge in [0, 0.05) is 31.2 Å². The summed E-state index contributed by atoms with van der Waals surface area (Å²) in [6.45, 7) is 6.90.